The lowest BCUT2D eigenvalue weighted by Crippen LogP contribution is -2.26. The monoisotopic (exact) mass is 374 g/mol. The summed E-state index contributed by atoms with van der Waals surface area (Å²) in [5.74, 6) is 0.703. The van der Waals surface area contributed by atoms with Crippen molar-refractivity contribution in [1.82, 2.24) is 15.3 Å². The van der Waals surface area contributed by atoms with Crippen LogP contribution in [0, 0.1) is 0 Å². The largest absolute Gasteiger partial charge is 0.361 e. The molecule has 0 bridgehead atoms. The predicted molar refractivity (Wildman–Crippen MR) is 113 cm³/mol. The molecule has 1 N–H and O–H groups in total. The molecule has 0 unspecified atom stereocenters. The smallest absolute Gasteiger partial charge is 0.251 e. The van der Waals surface area contributed by atoms with Crippen LogP contribution in [-0.4, -0.2) is 30.0 Å². The van der Waals surface area contributed by atoms with Crippen LogP contribution < -0.4 is 10.2 Å². The molecular formula is C23H26N4O. The van der Waals surface area contributed by atoms with Crippen molar-refractivity contribution >= 4 is 11.7 Å². The summed E-state index contributed by atoms with van der Waals surface area (Å²) in [6.07, 6.45) is 4.36. The maximum absolute atomic E-state index is 12.6. The maximum Gasteiger partial charge on any atom is 0.251 e. The number of aromatic nitrogens is 2. The predicted octanol–water partition coefficient (Wildman–Crippen LogP) is 4.26. The van der Waals surface area contributed by atoms with Crippen molar-refractivity contribution in [2.24, 2.45) is 0 Å². The first-order valence-electron chi connectivity index (χ1n) is 9.48. The Morgan fingerprint density at radius 3 is 2.25 bits per heavy atom. The molecule has 3 aromatic rings. The van der Waals surface area contributed by atoms with Crippen LogP contribution in [0.25, 0.3) is 11.3 Å². The van der Waals surface area contributed by atoms with Crippen molar-refractivity contribution in [3.63, 3.8) is 0 Å². The van der Waals surface area contributed by atoms with Crippen LogP contribution >= 0.6 is 0 Å². The third kappa shape index (κ3) is 4.36. The van der Waals surface area contributed by atoms with Crippen molar-refractivity contribution in [2.45, 2.75) is 26.3 Å². The first kappa shape index (κ1) is 19.5. The Labute approximate surface area is 166 Å². The van der Waals surface area contributed by atoms with E-state index >= 15 is 0 Å². The lowest BCUT2D eigenvalue weighted by atomic mass is 10.0. The molecule has 0 radical (unpaired) electrons. The van der Waals surface area contributed by atoms with Crippen molar-refractivity contribution < 1.29 is 4.79 Å². The highest BCUT2D eigenvalue weighted by atomic mass is 16.1. The zero-order valence-corrected chi connectivity index (χ0v) is 16.8. The van der Waals surface area contributed by atoms with Crippen molar-refractivity contribution in [3.05, 3.63) is 77.6 Å². The van der Waals surface area contributed by atoms with Gasteiger partial charge in [-0.3, -0.25) is 9.78 Å². The molecule has 0 aliphatic heterocycles. The fourth-order valence-electron chi connectivity index (χ4n) is 3.05. The average molecular weight is 374 g/mol. The van der Waals surface area contributed by atoms with E-state index in [1.807, 2.05) is 50.2 Å². The lowest BCUT2D eigenvalue weighted by molar-refractivity contribution is 0.0940. The summed E-state index contributed by atoms with van der Waals surface area (Å²) >= 11 is 0. The Morgan fingerprint density at radius 1 is 1.00 bits per heavy atom. The summed E-state index contributed by atoms with van der Waals surface area (Å²) in [7, 11) is 3.87. The molecule has 0 aliphatic carbocycles. The first-order chi connectivity index (χ1) is 13.5. The van der Waals surface area contributed by atoms with E-state index < -0.39 is 0 Å². The highest BCUT2D eigenvalue weighted by Crippen LogP contribution is 2.25. The van der Waals surface area contributed by atoms with E-state index in [0.29, 0.717) is 5.56 Å². The minimum absolute atomic E-state index is 0.0570. The normalized spacial score (nSPS) is 11.7. The minimum Gasteiger partial charge on any atom is -0.361 e. The number of rotatable bonds is 6. The van der Waals surface area contributed by atoms with Gasteiger partial charge in [-0.2, -0.15) is 0 Å². The van der Waals surface area contributed by atoms with Gasteiger partial charge >= 0.3 is 0 Å². The highest BCUT2D eigenvalue weighted by molar-refractivity contribution is 5.95. The van der Waals surface area contributed by atoms with Crippen LogP contribution in [0.3, 0.4) is 0 Å². The quantitative estimate of drug-likeness (QED) is 0.700. The Kier molecular flexibility index (Phi) is 6.04. The summed E-state index contributed by atoms with van der Waals surface area (Å²) in [6, 6.07) is 15.8. The standard InChI is InChI=1S/C23H26N4O/c1-5-17-6-8-18(9-7-17)16(2)26-23(28)20-12-10-19(11-13-20)21-22(27(3)4)25-15-14-24-21/h6-16H,5H2,1-4H3,(H,26,28)/t16-/m0/s1. The van der Waals surface area contributed by atoms with Crippen LogP contribution in [0.5, 0.6) is 0 Å². The highest BCUT2D eigenvalue weighted by Gasteiger charge is 2.13. The Balaban J connectivity index is 1.73. The van der Waals surface area contributed by atoms with E-state index in [0.717, 1.165) is 29.1 Å². The molecule has 1 atom stereocenters. The van der Waals surface area contributed by atoms with Gasteiger partial charge in [0.1, 0.15) is 5.69 Å². The number of carbonyl (C=O) groups is 1. The maximum atomic E-state index is 12.6. The third-order valence-corrected chi connectivity index (χ3v) is 4.76. The fourth-order valence-corrected chi connectivity index (χ4v) is 3.05. The number of hydrogen-bond donors (Lipinski definition) is 1. The summed E-state index contributed by atoms with van der Waals surface area (Å²) in [6.45, 7) is 4.13. The van der Waals surface area contributed by atoms with Crippen LogP contribution in [0.2, 0.25) is 0 Å². The Bertz CT molecular complexity index is 934. The molecule has 0 saturated heterocycles. The summed E-state index contributed by atoms with van der Waals surface area (Å²) in [4.78, 5) is 23.4. The van der Waals surface area contributed by atoms with E-state index in [2.05, 4.69) is 46.5 Å². The average Bonchev–Trinajstić information content (AvgIpc) is 2.73. The van der Waals surface area contributed by atoms with E-state index in [9.17, 15) is 4.79 Å². The molecule has 28 heavy (non-hydrogen) atoms. The molecule has 0 spiro atoms. The summed E-state index contributed by atoms with van der Waals surface area (Å²) < 4.78 is 0. The topological polar surface area (TPSA) is 58.1 Å². The second-order valence-corrected chi connectivity index (χ2v) is 6.99. The number of hydrogen-bond acceptors (Lipinski definition) is 4. The van der Waals surface area contributed by atoms with E-state index in [-0.39, 0.29) is 11.9 Å². The molecule has 5 nitrogen and oxygen atoms in total. The Morgan fingerprint density at radius 2 is 1.64 bits per heavy atom. The molecule has 2 aromatic carbocycles. The molecule has 5 heteroatoms. The van der Waals surface area contributed by atoms with Gasteiger partial charge in [-0.15, -0.1) is 0 Å². The van der Waals surface area contributed by atoms with Gasteiger partial charge in [-0.05, 0) is 36.6 Å². The zero-order valence-electron chi connectivity index (χ0n) is 16.8. The first-order valence-corrected chi connectivity index (χ1v) is 9.48. The van der Waals surface area contributed by atoms with Gasteiger partial charge in [0.25, 0.3) is 5.91 Å². The number of nitrogens with zero attached hydrogens (tertiary/aromatic N) is 3. The summed E-state index contributed by atoms with van der Waals surface area (Å²) in [5, 5.41) is 3.06. The summed E-state index contributed by atoms with van der Waals surface area (Å²) in [5.41, 5.74) is 4.73. The molecule has 1 aromatic heterocycles. The van der Waals surface area contributed by atoms with Gasteiger partial charge in [0.05, 0.1) is 6.04 Å². The molecule has 0 saturated carbocycles. The second kappa shape index (κ2) is 8.65. The van der Waals surface area contributed by atoms with E-state index in [1.54, 1.807) is 12.4 Å². The van der Waals surface area contributed by atoms with Gasteiger partial charge < -0.3 is 10.2 Å². The number of amides is 1. The van der Waals surface area contributed by atoms with Crippen LogP contribution in [0.15, 0.2) is 60.9 Å². The van der Waals surface area contributed by atoms with Crippen molar-refractivity contribution in [3.8, 4) is 11.3 Å². The third-order valence-electron chi connectivity index (χ3n) is 4.76. The van der Waals surface area contributed by atoms with Gasteiger partial charge in [0.2, 0.25) is 0 Å². The van der Waals surface area contributed by atoms with Crippen molar-refractivity contribution in [1.29, 1.82) is 0 Å². The SMILES string of the molecule is CCc1ccc([C@H](C)NC(=O)c2ccc(-c3nccnc3N(C)C)cc2)cc1. The van der Waals surface area contributed by atoms with Crippen LogP contribution in [0.4, 0.5) is 5.82 Å². The van der Waals surface area contributed by atoms with Crippen molar-refractivity contribution in [2.75, 3.05) is 19.0 Å². The minimum atomic E-state index is -0.0920. The number of aryl methyl sites for hydroxylation is 1. The van der Waals surface area contributed by atoms with E-state index in [1.165, 1.54) is 5.56 Å². The second-order valence-electron chi connectivity index (χ2n) is 6.99. The molecule has 3 rings (SSSR count). The molecular weight excluding hydrogens is 348 g/mol. The number of benzene rings is 2. The molecule has 1 amide bonds. The Hall–Kier alpha value is -3.21. The lowest BCUT2D eigenvalue weighted by Gasteiger charge is -2.16. The number of anilines is 1. The van der Waals surface area contributed by atoms with Gasteiger partial charge in [-0.25, -0.2) is 4.98 Å². The molecule has 1 heterocycles. The van der Waals surface area contributed by atoms with Crippen LogP contribution in [0.1, 0.15) is 41.4 Å². The molecule has 0 aliphatic rings. The van der Waals surface area contributed by atoms with Crippen LogP contribution in [-0.2, 0) is 6.42 Å². The van der Waals surface area contributed by atoms with Gasteiger partial charge in [-0.1, -0.05) is 43.3 Å². The molecule has 0 fully saturated rings. The number of carbonyl (C=O) groups excluding carboxylic acids is 1. The van der Waals surface area contributed by atoms with Gasteiger partial charge in [0.15, 0.2) is 5.82 Å². The molecule has 144 valence electrons. The van der Waals surface area contributed by atoms with E-state index in [4.69, 9.17) is 0 Å². The van der Waals surface area contributed by atoms with Gasteiger partial charge in [0, 0.05) is 37.6 Å². The zero-order chi connectivity index (χ0) is 20.1. The fraction of sp³-hybridized carbons (Fsp3) is 0.261. The number of nitrogens with one attached hydrogen (secondary N) is 1.